The van der Waals surface area contributed by atoms with Crippen molar-refractivity contribution in [2.45, 2.75) is 122 Å². The van der Waals surface area contributed by atoms with E-state index in [1.807, 2.05) is 0 Å². The van der Waals surface area contributed by atoms with E-state index >= 15 is 0 Å². The maximum Gasteiger partial charge on any atom is 0.338 e. The highest BCUT2D eigenvalue weighted by Gasteiger charge is 2.41. The smallest absolute Gasteiger partial charge is 0.338 e. The van der Waals surface area contributed by atoms with Crippen LogP contribution < -0.4 is 10.9 Å². The van der Waals surface area contributed by atoms with Gasteiger partial charge in [-0.05, 0) is 30.7 Å². The Bertz CT molecular complexity index is 1780. The van der Waals surface area contributed by atoms with Gasteiger partial charge in [0, 0.05) is 12.8 Å². The minimum atomic E-state index is -0.821. The molecule has 0 aliphatic carbocycles. The summed E-state index contributed by atoms with van der Waals surface area (Å²) in [7, 11) is 0. The van der Waals surface area contributed by atoms with Gasteiger partial charge in [0.25, 0.3) is 5.56 Å². The van der Waals surface area contributed by atoms with Gasteiger partial charge >= 0.3 is 11.9 Å². The Kier molecular flexibility index (Phi) is 15.0. The summed E-state index contributed by atoms with van der Waals surface area (Å²) in [4.78, 5) is 62.9. The lowest BCUT2D eigenvalue weighted by atomic mass is 10.0. The number of rotatable bonds is 21. The van der Waals surface area contributed by atoms with Crippen LogP contribution in [0.1, 0.15) is 130 Å². The lowest BCUT2D eigenvalue weighted by Gasteiger charge is -2.19. The second-order valence-electron chi connectivity index (χ2n) is 13.4. The molecule has 0 bridgehead atoms. The Morgan fingerprint density at radius 1 is 0.827 bits per heavy atom. The van der Waals surface area contributed by atoms with Gasteiger partial charge in [0.15, 0.2) is 11.2 Å². The van der Waals surface area contributed by atoms with Crippen molar-refractivity contribution in [2.75, 3.05) is 11.9 Å². The molecule has 2 aromatic carbocycles. The third kappa shape index (κ3) is 11.3. The summed E-state index contributed by atoms with van der Waals surface area (Å²) >= 11 is 0. The molecule has 5 rings (SSSR count). The highest BCUT2D eigenvalue weighted by Crippen LogP contribution is 2.33. The van der Waals surface area contributed by atoms with E-state index in [0.29, 0.717) is 17.5 Å². The van der Waals surface area contributed by atoms with Crippen molar-refractivity contribution in [3.63, 3.8) is 0 Å². The van der Waals surface area contributed by atoms with E-state index in [4.69, 9.17) is 14.2 Å². The minimum absolute atomic E-state index is 0.0233. The van der Waals surface area contributed by atoms with Gasteiger partial charge in [0.05, 0.1) is 17.5 Å². The number of aromatic nitrogens is 4. The van der Waals surface area contributed by atoms with E-state index in [2.05, 4.69) is 27.2 Å². The molecule has 1 aliphatic rings. The zero-order valence-electron chi connectivity index (χ0n) is 30.1. The molecule has 2 aromatic heterocycles. The quantitative estimate of drug-likeness (QED) is 0.0648. The van der Waals surface area contributed by atoms with Crippen molar-refractivity contribution in [2.24, 2.45) is 0 Å². The first-order chi connectivity index (χ1) is 25.4. The van der Waals surface area contributed by atoms with E-state index in [1.54, 1.807) is 60.7 Å². The second-order valence-corrected chi connectivity index (χ2v) is 13.4. The predicted octanol–water partition coefficient (Wildman–Crippen LogP) is 7.91. The molecule has 4 aromatic rings. The van der Waals surface area contributed by atoms with E-state index in [1.165, 1.54) is 75.1 Å². The van der Waals surface area contributed by atoms with E-state index < -0.39 is 35.9 Å². The Hall–Kier alpha value is -4.84. The number of nitrogens with zero attached hydrogens (tertiary/aromatic N) is 3. The first-order valence-corrected chi connectivity index (χ1v) is 18.8. The Balaban J connectivity index is 1.12. The first-order valence-electron chi connectivity index (χ1n) is 18.8. The van der Waals surface area contributed by atoms with Crippen molar-refractivity contribution in [1.29, 1.82) is 0 Å². The van der Waals surface area contributed by atoms with Gasteiger partial charge in [-0.25, -0.2) is 14.6 Å². The standard InChI is InChI=1S/C40H51N5O7/c1-2-3-4-5-6-7-8-9-10-11-12-13-20-25-33(46)42-40-43-36-35(37(47)44-40)45(28-41-36)34-26-31(52-39(49)30-23-18-15-19-24-30)32(51-34)27-50-38(48)29-21-16-14-17-22-29/h14-19,21-24,28,31-32,34H,2-13,20,25-27H2,1H3,(H2,42,43,44,46,47)/t31-,32+,34+/m1/s1. The summed E-state index contributed by atoms with van der Waals surface area (Å²) < 4.78 is 19.1. The molecule has 0 spiro atoms. The van der Waals surface area contributed by atoms with Crippen molar-refractivity contribution in [1.82, 2.24) is 19.5 Å². The molecule has 12 heteroatoms. The number of hydrogen-bond acceptors (Lipinski definition) is 9. The monoisotopic (exact) mass is 713 g/mol. The summed E-state index contributed by atoms with van der Waals surface area (Å²) in [6.45, 7) is 2.06. The second kappa shape index (κ2) is 20.3. The number of aromatic amines is 1. The van der Waals surface area contributed by atoms with Crippen LogP contribution in [-0.2, 0) is 19.0 Å². The van der Waals surface area contributed by atoms with Crippen LogP contribution in [-0.4, -0.2) is 56.2 Å². The molecule has 1 saturated heterocycles. The first kappa shape index (κ1) is 38.4. The van der Waals surface area contributed by atoms with Gasteiger partial charge in [-0.3, -0.25) is 24.5 Å². The molecule has 0 radical (unpaired) electrons. The number of carbonyl (C=O) groups excluding carboxylic acids is 3. The minimum Gasteiger partial charge on any atom is -0.459 e. The van der Waals surface area contributed by atoms with Gasteiger partial charge in [-0.2, -0.15) is 4.98 Å². The molecule has 2 N–H and O–H groups in total. The average Bonchev–Trinajstić information content (AvgIpc) is 3.77. The Morgan fingerprint density at radius 3 is 2.02 bits per heavy atom. The number of amides is 1. The van der Waals surface area contributed by atoms with Crippen LogP contribution in [0.5, 0.6) is 0 Å². The number of benzene rings is 2. The predicted molar refractivity (Wildman–Crippen MR) is 198 cm³/mol. The number of hydrogen-bond donors (Lipinski definition) is 2. The van der Waals surface area contributed by atoms with Gasteiger partial charge < -0.3 is 14.2 Å². The maximum absolute atomic E-state index is 13.3. The Morgan fingerprint density at radius 2 is 1.40 bits per heavy atom. The summed E-state index contributed by atoms with van der Waals surface area (Å²) in [5.74, 6) is -1.29. The number of esters is 2. The number of carbonyl (C=O) groups is 3. The highest BCUT2D eigenvalue weighted by atomic mass is 16.6. The third-order valence-electron chi connectivity index (χ3n) is 9.35. The van der Waals surface area contributed by atoms with E-state index in [9.17, 15) is 19.2 Å². The number of unbranched alkanes of at least 4 members (excludes halogenated alkanes) is 12. The van der Waals surface area contributed by atoms with Crippen molar-refractivity contribution < 1.29 is 28.6 Å². The van der Waals surface area contributed by atoms with Crippen molar-refractivity contribution in [3.05, 3.63) is 88.5 Å². The van der Waals surface area contributed by atoms with Crippen LogP contribution in [0.3, 0.4) is 0 Å². The number of imidazole rings is 1. The third-order valence-corrected chi connectivity index (χ3v) is 9.35. The van der Waals surface area contributed by atoms with Gasteiger partial charge in [0.1, 0.15) is 25.0 Å². The fraction of sp³-hybridized carbons (Fsp3) is 0.500. The number of anilines is 1. The van der Waals surface area contributed by atoms with E-state index in [-0.39, 0.29) is 36.0 Å². The largest absolute Gasteiger partial charge is 0.459 e. The molecule has 1 aliphatic heterocycles. The molecular formula is C40H51N5O7. The lowest BCUT2D eigenvalue weighted by Crippen LogP contribution is -2.32. The molecule has 52 heavy (non-hydrogen) atoms. The maximum atomic E-state index is 13.3. The molecule has 0 saturated carbocycles. The van der Waals surface area contributed by atoms with Crippen molar-refractivity contribution >= 4 is 35.0 Å². The molecule has 1 fully saturated rings. The summed E-state index contributed by atoms with van der Waals surface area (Å²) in [5, 5.41) is 2.70. The fourth-order valence-corrected chi connectivity index (χ4v) is 6.47. The Labute approximate surface area is 304 Å². The van der Waals surface area contributed by atoms with Gasteiger partial charge in [-0.15, -0.1) is 0 Å². The molecule has 0 unspecified atom stereocenters. The zero-order valence-corrected chi connectivity index (χ0v) is 30.1. The topological polar surface area (TPSA) is 155 Å². The summed E-state index contributed by atoms with van der Waals surface area (Å²) in [6.07, 6.45) is 15.4. The molecule has 278 valence electrons. The summed E-state index contributed by atoms with van der Waals surface area (Å²) in [6, 6.07) is 17.1. The average molecular weight is 714 g/mol. The van der Waals surface area contributed by atoms with E-state index in [0.717, 1.165) is 19.3 Å². The number of fused-ring (bicyclic) bond motifs is 1. The van der Waals surface area contributed by atoms with Crippen LogP contribution in [0.25, 0.3) is 11.2 Å². The van der Waals surface area contributed by atoms with Crippen LogP contribution >= 0.6 is 0 Å². The SMILES string of the molecule is CCCCCCCCCCCCCCCC(=O)Nc1nc2ncn([C@@H]3C[C@@H](OC(=O)c4ccccc4)[C@H](COC(=O)c4ccccc4)O3)c2c(=O)[nH]1. The molecular weight excluding hydrogens is 662 g/mol. The summed E-state index contributed by atoms with van der Waals surface area (Å²) in [5.41, 5.74) is 0.484. The number of ether oxygens (including phenoxy) is 3. The highest BCUT2D eigenvalue weighted by molar-refractivity contribution is 5.90. The van der Waals surface area contributed by atoms with Crippen LogP contribution in [0.15, 0.2) is 71.8 Å². The molecule has 12 nitrogen and oxygen atoms in total. The fourth-order valence-electron chi connectivity index (χ4n) is 6.47. The molecule has 1 amide bonds. The van der Waals surface area contributed by atoms with Crippen LogP contribution in [0, 0.1) is 0 Å². The van der Waals surface area contributed by atoms with Crippen molar-refractivity contribution in [3.8, 4) is 0 Å². The molecule has 3 heterocycles. The number of H-pyrrole nitrogens is 1. The normalized spacial score (nSPS) is 16.9. The zero-order chi connectivity index (χ0) is 36.5. The molecule has 3 atom stereocenters. The lowest BCUT2D eigenvalue weighted by molar-refractivity contribution is -0.116. The van der Waals surface area contributed by atoms with Gasteiger partial charge in [-0.1, -0.05) is 120 Å². The van der Waals surface area contributed by atoms with Crippen LogP contribution in [0.2, 0.25) is 0 Å². The number of nitrogens with one attached hydrogen (secondary N) is 2. The van der Waals surface area contributed by atoms with Crippen LogP contribution in [0.4, 0.5) is 5.95 Å². The van der Waals surface area contributed by atoms with Gasteiger partial charge in [0.2, 0.25) is 11.9 Å².